The third kappa shape index (κ3) is 2.26. The fourth-order valence-corrected chi connectivity index (χ4v) is 3.00. The maximum Gasteiger partial charge on any atom is 0.0738 e. The first-order valence-electron chi connectivity index (χ1n) is 6.15. The van der Waals surface area contributed by atoms with Crippen molar-refractivity contribution in [3.05, 3.63) is 15.9 Å². The Labute approximate surface area is 111 Å². The molecule has 0 saturated heterocycles. The lowest BCUT2D eigenvalue weighted by atomic mass is 9.80. The van der Waals surface area contributed by atoms with Crippen LogP contribution in [0.5, 0.6) is 0 Å². The molecule has 0 bridgehead atoms. The third-order valence-corrected chi connectivity index (χ3v) is 4.94. The van der Waals surface area contributed by atoms with Crippen LogP contribution in [-0.4, -0.2) is 9.78 Å². The van der Waals surface area contributed by atoms with E-state index in [1.54, 1.807) is 0 Å². The van der Waals surface area contributed by atoms with Gasteiger partial charge in [0.05, 0.1) is 33.9 Å². The van der Waals surface area contributed by atoms with Crippen LogP contribution >= 0.6 is 15.9 Å². The van der Waals surface area contributed by atoms with Crippen LogP contribution in [0.25, 0.3) is 0 Å². The van der Waals surface area contributed by atoms with Crippen molar-refractivity contribution in [1.29, 1.82) is 5.26 Å². The van der Waals surface area contributed by atoms with E-state index >= 15 is 0 Å². The second kappa shape index (κ2) is 4.81. The molecule has 0 aliphatic heterocycles. The Bertz CT molecular complexity index is 458. The van der Waals surface area contributed by atoms with Crippen molar-refractivity contribution in [2.75, 3.05) is 0 Å². The van der Waals surface area contributed by atoms with Gasteiger partial charge in [0.15, 0.2) is 0 Å². The van der Waals surface area contributed by atoms with Crippen LogP contribution in [-0.2, 0) is 0 Å². The van der Waals surface area contributed by atoms with Crippen LogP contribution in [0.4, 0.5) is 0 Å². The van der Waals surface area contributed by atoms with Crippen LogP contribution in [0.15, 0.2) is 4.47 Å². The summed E-state index contributed by atoms with van der Waals surface area (Å²) in [7, 11) is 0. The van der Waals surface area contributed by atoms with E-state index in [1.165, 1.54) is 0 Å². The zero-order chi connectivity index (χ0) is 12.6. The lowest BCUT2D eigenvalue weighted by Gasteiger charge is -2.31. The van der Waals surface area contributed by atoms with Gasteiger partial charge in [-0.25, -0.2) is 0 Å². The van der Waals surface area contributed by atoms with Crippen molar-refractivity contribution < 1.29 is 0 Å². The molecule has 1 aliphatic carbocycles. The van der Waals surface area contributed by atoms with E-state index in [-0.39, 0.29) is 12.0 Å². The van der Waals surface area contributed by atoms with Gasteiger partial charge in [-0.3, -0.25) is 4.68 Å². The van der Waals surface area contributed by atoms with Crippen LogP contribution in [0.2, 0.25) is 0 Å². The summed E-state index contributed by atoms with van der Waals surface area (Å²) < 4.78 is 3.13. The Morgan fingerprint density at radius 1 is 1.41 bits per heavy atom. The van der Waals surface area contributed by atoms with Crippen molar-refractivity contribution in [2.45, 2.75) is 46.1 Å². The van der Waals surface area contributed by atoms with Gasteiger partial charge in [0.25, 0.3) is 0 Å². The van der Waals surface area contributed by atoms with E-state index < -0.39 is 0 Å². The first-order chi connectivity index (χ1) is 8.04. The maximum atomic E-state index is 9.27. The van der Waals surface area contributed by atoms with Crippen LogP contribution in [0.3, 0.4) is 0 Å². The first-order valence-corrected chi connectivity index (χ1v) is 6.94. The monoisotopic (exact) mass is 295 g/mol. The quantitative estimate of drug-likeness (QED) is 0.791. The standard InChI is InChI=1S/C13H18BrN3/c1-8-4-5-11(7-15)12(6-8)17-10(3)13(14)9(2)16-17/h8,11-12H,4-6H2,1-3H3. The molecule has 0 radical (unpaired) electrons. The molecule has 92 valence electrons. The number of hydrogen-bond donors (Lipinski definition) is 0. The topological polar surface area (TPSA) is 41.6 Å². The molecular weight excluding hydrogens is 278 g/mol. The van der Waals surface area contributed by atoms with Gasteiger partial charge in [0.2, 0.25) is 0 Å². The van der Waals surface area contributed by atoms with Crippen LogP contribution in [0, 0.1) is 37.0 Å². The second-order valence-electron chi connectivity index (χ2n) is 5.15. The molecule has 0 spiro atoms. The lowest BCUT2D eigenvalue weighted by molar-refractivity contribution is 0.215. The Morgan fingerprint density at radius 2 is 2.12 bits per heavy atom. The van der Waals surface area contributed by atoms with E-state index in [0.717, 1.165) is 35.1 Å². The van der Waals surface area contributed by atoms with Crippen LogP contribution in [0.1, 0.15) is 43.6 Å². The van der Waals surface area contributed by atoms with Gasteiger partial charge in [-0.05, 0) is 55.0 Å². The normalized spacial score (nSPS) is 29.0. The number of halogens is 1. The summed E-state index contributed by atoms with van der Waals surface area (Å²) in [5, 5.41) is 13.9. The zero-order valence-corrected chi connectivity index (χ0v) is 12.2. The van der Waals surface area contributed by atoms with E-state index in [4.69, 9.17) is 0 Å². The summed E-state index contributed by atoms with van der Waals surface area (Å²) in [5.74, 6) is 0.795. The fourth-order valence-electron chi connectivity index (χ4n) is 2.74. The van der Waals surface area contributed by atoms with Crippen molar-refractivity contribution in [1.82, 2.24) is 9.78 Å². The average molecular weight is 296 g/mol. The van der Waals surface area contributed by atoms with Gasteiger partial charge in [0, 0.05) is 0 Å². The summed E-state index contributed by atoms with van der Waals surface area (Å²) >= 11 is 3.56. The van der Waals surface area contributed by atoms with Gasteiger partial charge in [-0.15, -0.1) is 0 Å². The highest BCUT2D eigenvalue weighted by Crippen LogP contribution is 2.38. The molecule has 17 heavy (non-hydrogen) atoms. The molecule has 0 aromatic carbocycles. The van der Waals surface area contributed by atoms with Gasteiger partial charge in [-0.1, -0.05) is 6.92 Å². The predicted octanol–water partition coefficient (Wildman–Crippen LogP) is 3.76. The maximum absolute atomic E-state index is 9.27. The van der Waals surface area contributed by atoms with Crippen molar-refractivity contribution in [2.24, 2.45) is 11.8 Å². The van der Waals surface area contributed by atoms with Crippen molar-refractivity contribution in [3.63, 3.8) is 0 Å². The molecule has 0 amide bonds. The number of hydrogen-bond acceptors (Lipinski definition) is 2. The Balaban J connectivity index is 2.36. The van der Waals surface area contributed by atoms with Gasteiger partial charge in [0.1, 0.15) is 0 Å². The Hall–Kier alpha value is -0.820. The van der Waals surface area contributed by atoms with Crippen molar-refractivity contribution in [3.8, 4) is 6.07 Å². The summed E-state index contributed by atoms with van der Waals surface area (Å²) in [6.45, 7) is 6.33. The first kappa shape index (κ1) is 12.6. The van der Waals surface area contributed by atoms with E-state index in [0.29, 0.717) is 5.92 Å². The van der Waals surface area contributed by atoms with E-state index in [1.807, 2.05) is 6.92 Å². The summed E-state index contributed by atoms with van der Waals surface area (Å²) in [6, 6.07) is 2.70. The Kier molecular flexibility index (Phi) is 3.58. The van der Waals surface area contributed by atoms with Crippen LogP contribution < -0.4 is 0 Å². The molecule has 3 nitrogen and oxygen atoms in total. The number of nitrogens with zero attached hydrogens (tertiary/aromatic N) is 3. The van der Waals surface area contributed by atoms with Gasteiger partial charge < -0.3 is 0 Å². The SMILES string of the molecule is Cc1nn(C2CC(C)CCC2C#N)c(C)c1Br. The summed E-state index contributed by atoms with van der Waals surface area (Å²) in [4.78, 5) is 0. The molecule has 1 aromatic heterocycles. The smallest absolute Gasteiger partial charge is 0.0738 e. The molecule has 0 N–H and O–H groups in total. The molecule has 1 aromatic rings. The molecule has 1 fully saturated rings. The van der Waals surface area contributed by atoms with E-state index in [9.17, 15) is 5.26 Å². The average Bonchev–Trinajstić information content (AvgIpc) is 2.57. The van der Waals surface area contributed by atoms with E-state index in [2.05, 4.69) is 45.6 Å². The third-order valence-electron chi connectivity index (χ3n) is 3.80. The predicted molar refractivity (Wildman–Crippen MR) is 70.6 cm³/mol. The highest BCUT2D eigenvalue weighted by molar-refractivity contribution is 9.10. The Morgan fingerprint density at radius 3 is 2.65 bits per heavy atom. The highest BCUT2D eigenvalue weighted by Gasteiger charge is 2.32. The molecule has 2 rings (SSSR count). The van der Waals surface area contributed by atoms with Gasteiger partial charge in [-0.2, -0.15) is 10.4 Å². The van der Waals surface area contributed by atoms with Gasteiger partial charge >= 0.3 is 0 Å². The molecule has 4 heteroatoms. The highest BCUT2D eigenvalue weighted by atomic mass is 79.9. The minimum absolute atomic E-state index is 0.107. The lowest BCUT2D eigenvalue weighted by Crippen LogP contribution is -2.27. The number of rotatable bonds is 1. The van der Waals surface area contributed by atoms with Crippen molar-refractivity contribution >= 4 is 15.9 Å². The molecular formula is C13H18BrN3. The second-order valence-corrected chi connectivity index (χ2v) is 5.94. The molecule has 3 unspecified atom stereocenters. The number of aromatic nitrogens is 2. The minimum Gasteiger partial charge on any atom is -0.264 e. The molecule has 1 heterocycles. The largest absolute Gasteiger partial charge is 0.264 e. The number of aryl methyl sites for hydroxylation is 1. The summed E-state index contributed by atoms with van der Waals surface area (Å²) in [5.41, 5.74) is 2.15. The molecule has 3 atom stereocenters. The summed E-state index contributed by atoms with van der Waals surface area (Å²) in [6.07, 6.45) is 3.22. The molecule has 1 aliphatic rings. The minimum atomic E-state index is 0.107. The number of nitriles is 1. The molecule has 1 saturated carbocycles. The zero-order valence-electron chi connectivity index (χ0n) is 10.6. The fraction of sp³-hybridized carbons (Fsp3) is 0.692.